The highest BCUT2D eigenvalue weighted by Gasteiger charge is 2.04. The molecule has 0 aliphatic heterocycles. The van der Waals surface area contributed by atoms with Crippen molar-refractivity contribution in [3.8, 4) is 0 Å². The summed E-state index contributed by atoms with van der Waals surface area (Å²) in [7, 11) is 0. The molecule has 0 aromatic carbocycles. The van der Waals surface area contributed by atoms with E-state index in [1.165, 1.54) is 89.9 Å². The van der Waals surface area contributed by atoms with Crippen LogP contribution in [0.4, 0.5) is 0 Å². The fourth-order valence-corrected chi connectivity index (χ4v) is 2.92. The highest BCUT2D eigenvalue weighted by atomic mass is 14.1. The maximum Gasteiger partial charge on any atom is -0.0414 e. The molecule has 0 saturated carbocycles. The van der Waals surface area contributed by atoms with Gasteiger partial charge in [-0.2, -0.15) is 0 Å². The highest BCUT2D eigenvalue weighted by molar-refractivity contribution is 4.65. The number of hydrogen-bond acceptors (Lipinski definition) is 0. The summed E-state index contributed by atoms with van der Waals surface area (Å²) in [6.07, 6.45) is 22.5. The topological polar surface area (TPSA) is 0 Å². The van der Waals surface area contributed by atoms with Gasteiger partial charge in [0.2, 0.25) is 0 Å². The van der Waals surface area contributed by atoms with Gasteiger partial charge in [-0.3, -0.25) is 0 Å². The van der Waals surface area contributed by atoms with Crippen LogP contribution in [0.1, 0.15) is 111 Å². The molecule has 0 saturated heterocycles. The predicted octanol–water partition coefficient (Wildman–Crippen LogP) is 7.33. The quantitative estimate of drug-likeness (QED) is 0.272. The average molecular weight is 268 g/mol. The third-order valence-electron chi connectivity index (χ3n) is 4.36. The lowest BCUT2D eigenvalue weighted by Crippen LogP contribution is -1.98. The van der Waals surface area contributed by atoms with Crippen molar-refractivity contribution in [1.29, 1.82) is 0 Å². The third kappa shape index (κ3) is 14.2. The molecule has 1 atom stereocenters. The maximum atomic E-state index is 2.34. The van der Waals surface area contributed by atoms with Crippen molar-refractivity contribution in [1.82, 2.24) is 0 Å². The second-order valence-corrected chi connectivity index (χ2v) is 6.24. The van der Waals surface area contributed by atoms with Crippen molar-refractivity contribution < 1.29 is 0 Å². The molecule has 0 aliphatic rings. The summed E-state index contributed by atoms with van der Waals surface area (Å²) in [4.78, 5) is 0. The fourth-order valence-electron chi connectivity index (χ4n) is 2.92. The average Bonchev–Trinajstić information content (AvgIpc) is 2.43. The van der Waals surface area contributed by atoms with E-state index < -0.39 is 0 Å². The van der Waals surface area contributed by atoms with Crippen molar-refractivity contribution in [2.24, 2.45) is 5.92 Å². The Kier molecular flexibility index (Phi) is 16.1. The van der Waals surface area contributed by atoms with E-state index in [2.05, 4.69) is 27.2 Å². The Labute approximate surface area is 123 Å². The van der Waals surface area contributed by atoms with Gasteiger partial charge in [0.15, 0.2) is 0 Å². The minimum Gasteiger partial charge on any atom is -0.0654 e. The standard InChI is InChI=1S/C19H39/c1-4-7-8-9-10-11-12-13-14-15-16-18-19(6-3)17-5-2/h5,19H,4,6-18H2,1-3H3. The van der Waals surface area contributed by atoms with E-state index in [1.807, 2.05) is 0 Å². The Hall–Kier alpha value is 0. The van der Waals surface area contributed by atoms with E-state index in [9.17, 15) is 0 Å². The molecule has 0 rings (SSSR count). The van der Waals surface area contributed by atoms with E-state index in [1.54, 1.807) is 0 Å². The van der Waals surface area contributed by atoms with Gasteiger partial charge >= 0.3 is 0 Å². The van der Waals surface area contributed by atoms with Gasteiger partial charge in [-0.25, -0.2) is 0 Å². The molecule has 0 amide bonds. The Morgan fingerprint density at radius 3 is 1.58 bits per heavy atom. The van der Waals surface area contributed by atoms with Crippen LogP contribution in [0.15, 0.2) is 0 Å². The lowest BCUT2D eigenvalue weighted by molar-refractivity contribution is 0.432. The van der Waals surface area contributed by atoms with Gasteiger partial charge in [-0.05, 0) is 18.8 Å². The lowest BCUT2D eigenvalue weighted by atomic mass is 9.94. The third-order valence-corrected chi connectivity index (χ3v) is 4.36. The van der Waals surface area contributed by atoms with Crippen molar-refractivity contribution in [2.45, 2.75) is 111 Å². The van der Waals surface area contributed by atoms with E-state index in [0.29, 0.717) is 0 Å². The molecule has 0 fully saturated rings. The number of hydrogen-bond donors (Lipinski definition) is 0. The molecule has 0 nitrogen and oxygen atoms in total. The van der Waals surface area contributed by atoms with Crippen LogP contribution in [0, 0.1) is 12.3 Å². The van der Waals surface area contributed by atoms with Crippen molar-refractivity contribution in [3.05, 3.63) is 6.42 Å². The SMILES string of the molecule is C[CH]CC(CC)CCCCCCCCCCCCC. The second kappa shape index (κ2) is 16.1. The molecule has 0 aromatic heterocycles. The van der Waals surface area contributed by atoms with Gasteiger partial charge in [-0.15, -0.1) is 0 Å². The first-order valence-electron chi connectivity index (χ1n) is 9.12. The summed E-state index contributed by atoms with van der Waals surface area (Å²) in [6.45, 7) is 6.83. The molecule has 0 heterocycles. The zero-order valence-corrected chi connectivity index (χ0v) is 14.1. The summed E-state index contributed by atoms with van der Waals surface area (Å²) in [5.41, 5.74) is 0. The Bertz CT molecular complexity index is 150. The molecule has 0 N–H and O–H groups in total. The minimum absolute atomic E-state index is 0.962. The van der Waals surface area contributed by atoms with Crippen LogP contribution in [0.3, 0.4) is 0 Å². The van der Waals surface area contributed by atoms with Gasteiger partial charge in [0.25, 0.3) is 0 Å². The molecule has 115 valence electrons. The van der Waals surface area contributed by atoms with Crippen LogP contribution < -0.4 is 0 Å². The zero-order chi connectivity index (χ0) is 14.2. The van der Waals surface area contributed by atoms with Gasteiger partial charge in [0.1, 0.15) is 0 Å². The van der Waals surface area contributed by atoms with Crippen LogP contribution in [-0.2, 0) is 0 Å². The Balaban J connectivity index is 3.09. The zero-order valence-electron chi connectivity index (χ0n) is 14.1. The molecule has 19 heavy (non-hydrogen) atoms. The largest absolute Gasteiger partial charge is 0.0654 e. The molecule has 0 heteroatoms. The first kappa shape index (κ1) is 19.0. The summed E-state index contributed by atoms with van der Waals surface area (Å²) < 4.78 is 0. The maximum absolute atomic E-state index is 2.34. The lowest BCUT2D eigenvalue weighted by Gasteiger charge is -2.12. The summed E-state index contributed by atoms with van der Waals surface area (Å²) in [5, 5.41) is 0. The minimum atomic E-state index is 0.962. The molecular formula is C19H39. The van der Waals surface area contributed by atoms with Crippen LogP contribution in [0.25, 0.3) is 0 Å². The Morgan fingerprint density at radius 2 is 1.16 bits per heavy atom. The molecule has 0 bridgehead atoms. The number of unbranched alkanes of at least 4 members (excludes halogenated alkanes) is 10. The number of rotatable bonds is 15. The summed E-state index contributed by atoms with van der Waals surface area (Å²) in [6, 6.07) is 0. The molecule has 0 aromatic rings. The molecule has 0 aliphatic carbocycles. The van der Waals surface area contributed by atoms with Crippen LogP contribution >= 0.6 is 0 Å². The monoisotopic (exact) mass is 267 g/mol. The van der Waals surface area contributed by atoms with Crippen molar-refractivity contribution >= 4 is 0 Å². The molecule has 1 radical (unpaired) electrons. The van der Waals surface area contributed by atoms with Gasteiger partial charge in [0.05, 0.1) is 0 Å². The smallest absolute Gasteiger partial charge is 0.0414 e. The molecule has 1 unspecified atom stereocenters. The first-order chi connectivity index (χ1) is 9.35. The first-order valence-corrected chi connectivity index (χ1v) is 9.12. The van der Waals surface area contributed by atoms with Crippen LogP contribution in [0.5, 0.6) is 0 Å². The highest BCUT2D eigenvalue weighted by Crippen LogP contribution is 2.19. The van der Waals surface area contributed by atoms with Gasteiger partial charge in [-0.1, -0.05) is 104 Å². The van der Waals surface area contributed by atoms with E-state index in [0.717, 1.165) is 5.92 Å². The summed E-state index contributed by atoms with van der Waals surface area (Å²) in [5.74, 6) is 0.962. The van der Waals surface area contributed by atoms with Crippen molar-refractivity contribution in [2.75, 3.05) is 0 Å². The molecule has 0 spiro atoms. The normalized spacial score (nSPS) is 12.8. The summed E-state index contributed by atoms with van der Waals surface area (Å²) >= 11 is 0. The van der Waals surface area contributed by atoms with Gasteiger partial charge in [0, 0.05) is 0 Å². The molecular weight excluding hydrogens is 228 g/mol. The van der Waals surface area contributed by atoms with Gasteiger partial charge < -0.3 is 0 Å². The predicted molar refractivity (Wildman–Crippen MR) is 89.5 cm³/mol. The van der Waals surface area contributed by atoms with Crippen LogP contribution in [0.2, 0.25) is 0 Å². The fraction of sp³-hybridized carbons (Fsp3) is 0.947. The second-order valence-electron chi connectivity index (χ2n) is 6.24. The van der Waals surface area contributed by atoms with E-state index in [-0.39, 0.29) is 0 Å². The van der Waals surface area contributed by atoms with Crippen molar-refractivity contribution in [3.63, 3.8) is 0 Å². The van der Waals surface area contributed by atoms with Crippen LogP contribution in [-0.4, -0.2) is 0 Å². The van der Waals surface area contributed by atoms with E-state index >= 15 is 0 Å². The Morgan fingerprint density at radius 1 is 0.684 bits per heavy atom. The van der Waals surface area contributed by atoms with E-state index in [4.69, 9.17) is 0 Å².